The zero-order chi connectivity index (χ0) is 19.7. The molecule has 1 aromatic heterocycles. The van der Waals surface area contributed by atoms with Gasteiger partial charge in [-0.2, -0.15) is 0 Å². The number of imidazole rings is 1. The number of benzene rings is 2. The minimum absolute atomic E-state index is 0.0712. The lowest BCUT2D eigenvalue weighted by Crippen LogP contribution is -2.30. The van der Waals surface area contributed by atoms with E-state index in [2.05, 4.69) is 15.1 Å². The van der Waals surface area contributed by atoms with Crippen molar-refractivity contribution in [2.75, 3.05) is 5.32 Å². The fraction of sp³-hybridized carbons (Fsp3) is 0.318. The molecule has 1 saturated carbocycles. The van der Waals surface area contributed by atoms with Crippen LogP contribution in [0.3, 0.4) is 0 Å². The van der Waals surface area contributed by atoms with Gasteiger partial charge in [-0.3, -0.25) is 10.1 Å². The van der Waals surface area contributed by atoms with Gasteiger partial charge in [-0.15, -0.1) is 0 Å². The largest absolute Gasteiger partial charge is 0.385 e. The van der Waals surface area contributed by atoms with Crippen molar-refractivity contribution in [1.29, 1.82) is 0 Å². The van der Waals surface area contributed by atoms with E-state index in [1.807, 2.05) is 47.0 Å². The first-order chi connectivity index (χ1) is 13.5. The zero-order valence-electron chi connectivity index (χ0n) is 15.7. The van der Waals surface area contributed by atoms with Crippen LogP contribution in [0.25, 0.3) is 15.9 Å². The van der Waals surface area contributed by atoms with Gasteiger partial charge >= 0.3 is 0 Å². The van der Waals surface area contributed by atoms with Crippen LogP contribution >= 0.6 is 0 Å². The zero-order valence-corrected chi connectivity index (χ0v) is 15.7. The van der Waals surface area contributed by atoms with E-state index in [1.54, 1.807) is 13.0 Å². The van der Waals surface area contributed by atoms with Crippen molar-refractivity contribution in [3.8, 4) is 0 Å². The normalized spacial score (nSPS) is 16.2. The van der Waals surface area contributed by atoms with Gasteiger partial charge < -0.3 is 9.67 Å². The summed E-state index contributed by atoms with van der Waals surface area (Å²) >= 11 is 0. The molecule has 1 amide bonds. The molecule has 4 rings (SSSR count). The van der Waals surface area contributed by atoms with Crippen LogP contribution in [-0.4, -0.2) is 20.6 Å². The molecule has 6 nitrogen and oxygen atoms in total. The fourth-order valence-electron chi connectivity index (χ4n) is 3.63. The standard InChI is InChI=1S/C22H22N4O2/c1-22(28,15-7-4-3-5-8-15)14-20(27)25-21-24-18-12-11-16(23-2)13-19(18)26(21)17-9-6-10-17/h3-5,7-8,11-13,17,28H,6,9-10,14H2,1H3,(H,24,25,27). The number of carbonyl (C=O) groups excluding carboxylic acids is 1. The smallest absolute Gasteiger partial charge is 0.229 e. The Kier molecular flexibility index (Phi) is 4.62. The molecule has 0 saturated heterocycles. The summed E-state index contributed by atoms with van der Waals surface area (Å²) in [5, 5.41) is 13.6. The van der Waals surface area contributed by atoms with Crippen LogP contribution in [0.15, 0.2) is 48.5 Å². The molecular formula is C22H22N4O2. The molecule has 1 atom stereocenters. The Balaban J connectivity index is 1.62. The van der Waals surface area contributed by atoms with Crippen LogP contribution in [-0.2, 0) is 10.4 Å². The third-order valence-electron chi connectivity index (χ3n) is 5.39. The van der Waals surface area contributed by atoms with E-state index in [0.29, 0.717) is 17.2 Å². The summed E-state index contributed by atoms with van der Waals surface area (Å²) in [6.07, 6.45) is 3.12. The molecule has 1 unspecified atom stereocenters. The van der Waals surface area contributed by atoms with Gasteiger partial charge in [-0.1, -0.05) is 36.4 Å². The lowest BCUT2D eigenvalue weighted by Gasteiger charge is -2.29. The maximum absolute atomic E-state index is 12.7. The summed E-state index contributed by atoms with van der Waals surface area (Å²) in [7, 11) is 0. The minimum Gasteiger partial charge on any atom is -0.385 e. The number of nitrogens with one attached hydrogen (secondary N) is 1. The van der Waals surface area contributed by atoms with Crippen molar-refractivity contribution in [1.82, 2.24) is 9.55 Å². The monoisotopic (exact) mass is 374 g/mol. The predicted molar refractivity (Wildman–Crippen MR) is 108 cm³/mol. The molecule has 2 N–H and O–H groups in total. The van der Waals surface area contributed by atoms with Gasteiger partial charge in [0, 0.05) is 6.04 Å². The maximum atomic E-state index is 12.7. The fourth-order valence-corrected chi connectivity index (χ4v) is 3.63. The van der Waals surface area contributed by atoms with Gasteiger partial charge in [0.2, 0.25) is 11.9 Å². The topological polar surface area (TPSA) is 71.5 Å². The summed E-state index contributed by atoms with van der Waals surface area (Å²) in [5.41, 5.74) is 1.60. The lowest BCUT2D eigenvalue weighted by atomic mass is 9.92. The highest BCUT2D eigenvalue weighted by Crippen LogP contribution is 2.38. The molecular weight excluding hydrogens is 352 g/mol. The molecule has 6 heteroatoms. The second-order valence-electron chi connectivity index (χ2n) is 7.54. The number of anilines is 1. The summed E-state index contributed by atoms with van der Waals surface area (Å²) in [4.78, 5) is 20.8. The van der Waals surface area contributed by atoms with Crippen LogP contribution in [0.4, 0.5) is 11.6 Å². The van der Waals surface area contributed by atoms with Gasteiger partial charge in [0.1, 0.15) is 0 Å². The number of nitrogens with zero attached hydrogens (tertiary/aromatic N) is 3. The van der Waals surface area contributed by atoms with Crippen molar-refractivity contribution >= 4 is 28.6 Å². The van der Waals surface area contributed by atoms with Gasteiger partial charge in [-0.05, 0) is 43.9 Å². The molecule has 0 aliphatic heterocycles. The highest BCUT2D eigenvalue weighted by atomic mass is 16.3. The van der Waals surface area contributed by atoms with E-state index in [4.69, 9.17) is 6.57 Å². The van der Waals surface area contributed by atoms with Crippen LogP contribution in [0.5, 0.6) is 0 Å². The summed E-state index contributed by atoms with van der Waals surface area (Å²) < 4.78 is 2.03. The van der Waals surface area contributed by atoms with Gasteiger partial charge in [-0.25, -0.2) is 9.83 Å². The van der Waals surface area contributed by atoms with Crippen molar-refractivity contribution in [2.45, 2.75) is 44.2 Å². The third kappa shape index (κ3) is 3.37. The molecule has 1 fully saturated rings. The second-order valence-corrected chi connectivity index (χ2v) is 7.54. The molecule has 0 bridgehead atoms. The molecule has 1 heterocycles. The average molecular weight is 374 g/mol. The maximum Gasteiger partial charge on any atom is 0.229 e. The molecule has 0 spiro atoms. The van der Waals surface area contributed by atoms with E-state index in [-0.39, 0.29) is 18.4 Å². The van der Waals surface area contributed by atoms with E-state index < -0.39 is 5.60 Å². The SMILES string of the molecule is [C-]#[N+]c1ccc2nc(NC(=O)CC(C)(O)c3ccccc3)n(C3CCC3)c2c1. The van der Waals surface area contributed by atoms with Crippen LogP contribution < -0.4 is 5.32 Å². The van der Waals surface area contributed by atoms with Gasteiger partial charge in [0.15, 0.2) is 5.69 Å². The van der Waals surface area contributed by atoms with E-state index in [9.17, 15) is 9.90 Å². The Bertz CT molecular complexity index is 1060. The highest BCUT2D eigenvalue weighted by molar-refractivity contribution is 5.92. The average Bonchev–Trinajstić information content (AvgIpc) is 2.97. The Morgan fingerprint density at radius 2 is 2.07 bits per heavy atom. The Morgan fingerprint density at radius 1 is 1.32 bits per heavy atom. The number of rotatable bonds is 5. The third-order valence-corrected chi connectivity index (χ3v) is 5.39. The first-order valence-corrected chi connectivity index (χ1v) is 9.45. The van der Waals surface area contributed by atoms with E-state index in [1.165, 1.54) is 0 Å². The van der Waals surface area contributed by atoms with Crippen molar-refractivity contribution in [3.05, 3.63) is 65.5 Å². The van der Waals surface area contributed by atoms with Gasteiger partial charge in [0.25, 0.3) is 0 Å². The Hall–Kier alpha value is -3.17. The number of aliphatic hydroxyl groups is 1. The van der Waals surface area contributed by atoms with Crippen LogP contribution in [0.1, 0.15) is 44.2 Å². The minimum atomic E-state index is -1.27. The number of carbonyl (C=O) groups is 1. The van der Waals surface area contributed by atoms with Crippen LogP contribution in [0.2, 0.25) is 0 Å². The summed E-state index contributed by atoms with van der Waals surface area (Å²) in [5.74, 6) is 0.186. The molecule has 2 aromatic carbocycles. The number of aromatic nitrogens is 2. The number of hydrogen-bond acceptors (Lipinski definition) is 3. The Morgan fingerprint density at radius 3 is 2.71 bits per heavy atom. The van der Waals surface area contributed by atoms with Crippen molar-refractivity contribution in [2.24, 2.45) is 0 Å². The molecule has 1 aliphatic rings. The molecule has 3 aromatic rings. The van der Waals surface area contributed by atoms with E-state index >= 15 is 0 Å². The van der Waals surface area contributed by atoms with Crippen molar-refractivity contribution < 1.29 is 9.90 Å². The van der Waals surface area contributed by atoms with E-state index in [0.717, 1.165) is 30.3 Å². The molecule has 28 heavy (non-hydrogen) atoms. The molecule has 142 valence electrons. The second kappa shape index (κ2) is 7.10. The first kappa shape index (κ1) is 18.2. The molecule has 1 aliphatic carbocycles. The van der Waals surface area contributed by atoms with Gasteiger partial charge in [0.05, 0.1) is 29.6 Å². The molecule has 0 radical (unpaired) electrons. The first-order valence-electron chi connectivity index (χ1n) is 9.45. The van der Waals surface area contributed by atoms with Crippen molar-refractivity contribution in [3.63, 3.8) is 0 Å². The predicted octanol–water partition coefficient (Wildman–Crippen LogP) is 4.55. The Labute approximate surface area is 163 Å². The highest BCUT2D eigenvalue weighted by Gasteiger charge is 2.29. The quantitative estimate of drug-likeness (QED) is 0.644. The summed E-state index contributed by atoms with van der Waals surface area (Å²) in [6.45, 7) is 8.89. The number of fused-ring (bicyclic) bond motifs is 1. The summed E-state index contributed by atoms with van der Waals surface area (Å²) in [6, 6.07) is 14.8. The number of amides is 1. The lowest BCUT2D eigenvalue weighted by molar-refractivity contribution is -0.120. The van der Waals surface area contributed by atoms with Crippen LogP contribution in [0, 0.1) is 6.57 Å². The number of hydrogen-bond donors (Lipinski definition) is 2.